The quantitative estimate of drug-likeness (QED) is 0.802. The Labute approximate surface area is 104 Å². The Hall–Kier alpha value is -2.44. The van der Waals surface area contributed by atoms with E-state index in [1.54, 1.807) is 11.0 Å². The van der Waals surface area contributed by atoms with Crippen molar-refractivity contribution in [1.29, 1.82) is 0 Å². The van der Waals surface area contributed by atoms with Gasteiger partial charge >= 0.3 is 5.97 Å². The van der Waals surface area contributed by atoms with E-state index in [9.17, 15) is 4.79 Å². The summed E-state index contributed by atoms with van der Waals surface area (Å²) in [5, 5.41) is 16.0. The Balaban J connectivity index is 1.90. The molecule has 2 aromatic rings. The molecule has 0 atom stereocenters. The van der Waals surface area contributed by atoms with E-state index in [-0.39, 0.29) is 5.56 Å². The normalized spacial score (nSPS) is 10.3. The van der Waals surface area contributed by atoms with Crippen molar-refractivity contribution >= 4 is 11.8 Å². The van der Waals surface area contributed by atoms with Gasteiger partial charge in [0.25, 0.3) is 0 Å². The van der Waals surface area contributed by atoms with Crippen LogP contribution in [0, 0.1) is 0 Å². The molecule has 94 valence electrons. The van der Waals surface area contributed by atoms with Gasteiger partial charge in [0.05, 0.1) is 5.56 Å². The molecular formula is C11H13N5O2. The fourth-order valence-electron chi connectivity index (χ4n) is 1.46. The molecule has 0 spiro atoms. The maximum Gasteiger partial charge on any atom is 0.335 e. The number of hydrogen-bond donors (Lipinski definition) is 2. The van der Waals surface area contributed by atoms with Crippen molar-refractivity contribution in [1.82, 2.24) is 19.7 Å². The van der Waals surface area contributed by atoms with Gasteiger partial charge in [-0.15, -0.1) is 0 Å². The van der Waals surface area contributed by atoms with Gasteiger partial charge in [-0.25, -0.2) is 14.8 Å². The van der Waals surface area contributed by atoms with Crippen molar-refractivity contribution in [2.45, 2.75) is 6.42 Å². The van der Waals surface area contributed by atoms with Crippen molar-refractivity contribution in [3.63, 3.8) is 0 Å². The summed E-state index contributed by atoms with van der Waals surface area (Å²) < 4.78 is 1.64. The van der Waals surface area contributed by atoms with Gasteiger partial charge in [-0.3, -0.25) is 4.68 Å². The van der Waals surface area contributed by atoms with E-state index in [2.05, 4.69) is 20.4 Å². The first-order chi connectivity index (χ1) is 8.65. The van der Waals surface area contributed by atoms with Crippen LogP contribution >= 0.6 is 0 Å². The minimum atomic E-state index is -0.966. The van der Waals surface area contributed by atoms with Crippen LogP contribution in [0.1, 0.15) is 16.2 Å². The van der Waals surface area contributed by atoms with Crippen LogP contribution in [0.15, 0.2) is 24.7 Å². The van der Waals surface area contributed by atoms with E-state index in [4.69, 9.17) is 5.11 Å². The largest absolute Gasteiger partial charge is 0.478 e. The monoisotopic (exact) mass is 247 g/mol. The number of carbonyl (C=O) groups is 1. The number of aromatic carboxylic acids is 1. The highest BCUT2D eigenvalue weighted by Crippen LogP contribution is 2.06. The molecule has 0 aliphatic heterocycles. The molecule has 0 aromatic carbocycles. The standard InChI is InChI=1S/C11H13N5O2/c1-16-7-14-9(15-16)3-5-13-10-6-8(11(17)18)2-4-12-10/h2,4,6-7H,3,5H2,1H3,(H,12,13)(H,17,18). The summed E-state index contributed by atoms with van der Waals surface area (Å²) >= 11 is 0. The second-order valence-corrected chi connectivity index (χ2v) is 3.75. The molecule has 0 amide bonds. The van der Waals surface area contributed by atoms with Gasteiger partial charge in [-0.1, -0.05) is 0 Å². The molecule has 0 saturated carbocycles. The lowest BCUT2D eigenvalue weighted by atomic mass is 10.2. The molecule has 0 aliphatic rings. The van der Waals surface area contributed by atoms with Crippen molar-refractivity contribution in [2.75, 3.05) is 11.9 Å². The number of anilines is 1. The van der Waals surface area contributed by atoms with Crippen LogP contribution in [-0.2, 0) is 13.5 Å². The van der Waals surface area contributed by atoms with E-state index in [0.29, 0.717) is 18.8 Å². The maximum atomic E-state index is 10.8. The van der Waals surface area contributed by atoms with Gasteiger partial charge in [0.1, 0.15) is 12.1 Å². The molecule has 7 heteroatoms. The molecule has 0 unspecified atom stereocenters. The van der Waals surface area contributed by atoms with Crippen LogP contribution in [0.5, 0.6) is 0 Å². The lowest BCUT2D eigenvalue weighted by Gasteiger charge is -2.04. The first-order valence-electron chi connectivity index (χ1n) is 5.43. The average molecular weight is 247 g/mol. The van der Waals surface area contributed by atoms with Gasteiger partial charge in [-0.05, 0) is 12.1 Å². The molecule has 0 radical (unpaired) electrons. The Bertz CT molecular complexity index is 552. The van der Waals surface area contributed by atoms with Crippen LogP contribution in [0.2, 0.25) is 0 Å². The lowest BCUT2D eigenvalue weighted by Crippen LogP contribution is -2.08. The highest BCUT2D eigenvalue weighted by atomic mass is 16.4. The molecule has 2 heterocycles. The minimum Gasteiger partial charge on any atom is -0.478 e. The zero-order valence-corrected chi connectivity index (χ0v) is 9.87. The Morgan fingerprint density at radius 1 is 1.50 bits per heavy atom. The molecule has 7 nitrogen and oxygen atoms in total. The van der Waals surface area contributed by atoms with Gasteiger partial charge < -0.3 is 10.4 Å². The molecule has 0 aliphatic carbocycles. The molecule has 2 N–H and O–H groups in total. The molecule has 0 bridgehead atoms. The highest BCUT2D eigenvalue weighted by molar-refractivity contribution is 5.88. The number of rotatable bonds is 5. The van der Waals surface area contributed by atoms with Crippen LogP contribution in [0.3, 0.4) is 0 Å². The number of aromatic nitrogens is 4. The van der Waals surface area contributed by atoms with Crippen LogP contribution in [0.4, 0.5) is 5.82 Å². The predicted molar refractivity (Wildman–Crippen MR) is 64.4 cm³/mol. The number of hydrogen-bond acceptors (Lipinski definition) is 5. The van der Waals surface area contributed by atoms with Crippen molar-refractivity contribution in [3.05, 3.63) is 36.0 Å². The summed E-state index contributed by atoms with van der Waals surface area (Å²) in [6, 6.07) is 2.95. The SMILES string of the molecule is Cn1cnc(CCNc2cc(C(=O)O)ccn2)n1. The van der Waals surface area contributed by atoms with Crippen molar-refractivity contribution < 1.29 is 9.90 Å². The number of carboxylic acid groups (broad SMARTS) is 1. The van der Waals surface area contributed by atoms with E-state index in [1.807, 2.05) is 7.05 Å². The van der Waals surface area contributed by atoms with Gasteiger partial charge in [-0.2, -0.15) is 5.10 Å². The number of aryl methyl sites for hydroxylation is 1. The third kappa shape index (κ3) is 3.03. The molecule has 0 fully saturated rings. The molecule has 0 saturated heterocycles. The third-order valence-electron chi connectivity index (χ3n) is 2.31. The Morgan fingerprint density at radius 3 is 3.00 bits per heavy atom. The lowest BCUT2D eigenvalue weighted by molar-refractivity contribution is 0.0697. The van der Waals surface area contributed by atoms with Crippen molar-refractivity contribution in [2.24, 2.45) is 7.05 Å². The predicted octanol–water partition coefficient (Wildman–Crippen LogP) is 0.563. The summed E-state index contributed by atoms with van der Waals surface area (Å²) in [6.07, 6.45) is 3.75. The molecule has 18 heavy (non-hydrogen) atoms. The summed E-state index contributed by atoms with van der Waals surface area (Å²) in [5.41, 5.74) is 0.212. The average Bonchev–Trinajstić information content (AvgIpc) is 2.75. The summed E-state index contributed by atoms with van der Waals surface area (Å²) in [6.45, 7) is 0.597. The fraction of sp³-hybridized carbons (Fsp3) is 0.273. The fourth-order valence-corrected chi connectivity index (χ4v) is 1.46. The van der Waals surface area contributed by atoms with Crippen LogP contribution in [0.25, 0.3) is 0 Å². The third-order valence-corrected chi connectivity index (χ3v) is 2.31. The summed E-state index contributed by atoms with van der Waals surface area (Å²) in [7, 11) is 1.81. The van der Waals surface area contributed by atoms with E-state index in [1.165, 1.54) is 18.3 Å². The second-order valence-electron chi connectivity index (χ2n) is 3.75. The van der Waals surface area contributed by atoms with Crippen LogP contribution in [-0.4, -0.2) is 37.4 Å². The van der Waals surface area contributed by atoms with Gasteiger partial charge in [0.15, 0.2) is 5.82 Å². The number of carboxylic acids is 1. The van der Waals surface area contributed by atoms with E-state index >= 15 is 0 Å². The zero-order chi connectivity index (χ0) is 13.0. The Morgan fingerprint density at radius 2 is 2.33 bits per heavy atom. The Kier molecular flexibility index (Phi) is 3.52. The van der Waals surface area contributed by atoms with Gasteiger partial charge in [0.2, 0.25) is 0 Å². The zero-order valence-electron chi connectivity index (χ0n) is 9.87. The van der Waals surface area contributed by atoms with E-state index < -0.39 is 5.97 Å². The number of pyridine rings is 1. The molecular weight excluding hydrogens is 234 g/mol. The van der Waals surface area contributed by atoms with Crippen molar-refractivity contribution in [3.8, 4) is 0 Å². The summed E-state index contributed by atoms with van der Waals surface area (Å²) in [5.74, 6) is 0.303. The molecule has 2 rings (SSSR count). The summed E-state index contributed by atoms with van der Waals surface area (Å²) in [4.78, 5) is 18.9. The maximum absolute atomic E-state index is 10.8. The first kappa shape index (κ1) is 12.0. The topological polar surface area (TPSA) is 92.9 Å². The van der Waals surface area contributed by atoms with Gasteiger partial charge in [0, 0.05) is 26.2 Å². The minimum absolute atomic E-state index is 0.212. The second kappa shape index (κ2) is 5.26. The van der Waals surface area contributed by atoms with Crippen LogP contribution < -0.4 is 5.32 Å². The smallest absolute Gasteiger partial charge is 0.335 e. The highest BCUT2D eigenvalue weighted by Gasteiger charge is 2.04. The first-order valence-corrected chi connectivity index (χ1v) is 5.43. The molecule has 2 aromatic heterocycles. The van der Waals surface area contributed by atoms with E-state index in [0.717, 1.165) is 5.82 Å². The number of nitrogens with one attached hydrogen (secondary N) is 1. The number of nitrogens with zero attached hydrogens (tertiary/aromatic N) is 4.